The molecule has 2 amide bonds. The van der Waals surface area contributed by atoms with Gasteiger partial charge in [0.1, 0.15) is 5.58 Å². The molecule has 29 heavy (non-hydrogen) atoms. The Morgan fingerprint density at radius 1 is 1.03 bits per heavy atom. The van der Waals surface area contributed by atoms with E-state index in [4.69, 9.17) is 9.15 Å². The third-order valence-electron chi connectivity index (χ3n) is 6.32. The summed E-state index contributed by atoms with van der Waals surface area (Å²) in [6.45, 7) is 8.14. The molecule has 3 heterocycles. The molecule has 2 fully saturated rings. The van der Waals surface area contributed by atoms with Crippen molar-refractivity contribution in [2.24, 2.45) is 5.92 Å². The van der Waals surface area contributed by atoms with E-state index in [0.717, 1.165) is 54.4 Å². The lowest BCUT2D eigenvalue weighted by molar-refractivity contribution is -0.135. The summed E-state index contributed by atoms with van der Waals surface area (Å²) in [6, 6.07) is 6.05. The smallest absolute Gasteiger partial charge is 0.289 e. The van der Waals surface area contributed by atoms with Crippen LogP contribution in [0, 0.1) is 19.8 Å². The van der Waals surface area contributed by atoms with Gasteiger partial charge in [-0.1, -0.05) is 12.1 Å². The number of rotatable bonds is 4. The van der Waals surface area contributed by atoms with E-state index in [2.05, 4.69) is 0 Å². The minimum absolute atomic E-state index is 0.0146. The summed E-state index contributed by atoms with van der Waals surface area (Å²) in [5.41, 5.74) is 2.82. The van der Waals surface area contributed by atoms with Crippen molar-refractivity contribution in [3.8, 4) is 0 Å². The van der Waals surface area contributed by atoms with Gasteiger partial charge >= 0.3 is 0 Å². The van der Waals surface area contributed by atoms with Gasteiger partial charge < -0.3 is 19.0 Å². The molecular formula is C23H30N2O4. The molecule has 0 atom stereocenters. The van der Waals surface area contributed by atoms with Crippen LogP contribution in [0.3, 0.4) is 0 Å². The molecule has 2 saturated heterocycles. The fourth-order valence-electron chi connectivity index (χ4n) is 4.40. The van der Waals surface area contributed by atoms with Gasteiger partial charge in [-0.25, -0.2) is 0 Å². The number of nitrogens with zero attached hydrogens (tertiary/aromatic N) is 2. The molecule has 0 aliphatic carbocycles. The minimum Gasteiger partial charge on any atom is -0.451 e. The van der Waals surface area contributed by atoms with Crippen molar-refractivity contribution in [1.82, 2.24) is 9.80 Å². The summed E-state index contributed by atoms with van der Waals surface area (Å²) in [6.07, 6.45) is 3.39. The van der Waals surface area contributed by atoms with Crippen LogP contribution >= 0.6 is 0 Å². The second kappa shape index (κ2) is 8.57. The van der Waals surface area contributed by atoms with Crippen molar-refractivity contribution in [2.75, 3.05) is 39.4 Å². The maximum Gasteiger partial charge on any atom is 0.289 e. The number of likely N-dealkylation sites (tertiary alicyclic amines) is 1. The molecule has 0 spiro atoms. The van der Waals surface area contributed by atoms with E-state index in [1.165, 1.54) is 0 Å². The van der Waals surface area contributed by atoms with E-state index < -0.39 is 0 Å². The van der Waals surface area contributed by atoms with Crippen LogP contribution in [0.25, 0.3) is 11.0 Å². The molecule has 0 radical (unpaired) electrons. The second-order valence-electron chi connectivity index (χ2n) is 8.32. The van der Waals surface area contributed by atoms with Gasteiger partial charge in [-0.05, 0) is 50.7 Å². The van der Waals surface area contributed by atoms with Crippen LogP contribution in [-0.4, -0.2) is 61.0 Å². The Hall–Kier alpha value is -2.34. The number of piperidine rings is 1. The maximum atomic E-state index is 13.0. The first-order valence-electron chi connectivity index (χ1n) is 10.7. The predicted molar refractivity (Wildman–Crippen MR) is 111 cm³/mol. The molecule has 6 nitrogen and oxygen atoms in total. The fraction of sp³-hybridized carbons (Fsp3) is 0.565. The first kappa shape index (κ1) is 20.0. The van der Waals surface area contributed by atoms with Gasteiger partial charge in [0.2, 0.25) is 5.91 Å². The normalized spacial score (nSPS) is 18.4. The zero-order valence-electron chi connectivity index (χ0n) is 17.4. The second-order valence-corrected chi connectivity index (χ2v) is 8.32. The molecule has 2 aliphatic rings. The largest absolute Gasteiger partial charge is 0.451 e. The van der Waals surface area contributed by atoms with E-state index in [1.807, 2.05) is 41.8 Å². The summed E-state index contributed by atoms with van der Waals surface area (Å²) in [4.78, 5) is 29.2. The quantitative estimate of drug-likeness (QED) is 0.790. The summed E-state index contributed by atoms with van der Waals surface area (Å²) in [5.74, 6) is 1.19. The Bertz CT molecular complexity index is 890. The number of hydrogen-bond acceptors (Lipinski definition) is 4. The number of hydrogen-bond donors (Lipinski definition) is 0. The number of benzene rings is 1. The topological polar surface area (TPSA) is 63.0 Å². The summed E-state index contributed by atoms with van der Waals surface area (Å²) < 4.78 is 11.2. The lowest BCUT2D eigenvalue weighted by atomic mass is 9.91. The molecule has 0 bridgehead atoms. The number of morpholine rings is 1. The van der Waals surface area contributed by atoms with Crippen LogP contribution in [0.1, 0.15) is 47.4 Å². The number of carbonyl (C=O) groups excluding carboxylic acids is 2. The van der Waals surface area contributed by atoms with Crippen LogP contribution in [-0.2, 0) is 9.53 Å². The molecule has 0 N–H and O–H groups in total. The number of aryl methyl sites for hydroxylation is 2. The Labute approximate surface area is 171 Å². The zero-order valence-corrected chi connectivity index (χ0v) is 17.4. The van der Waals surface area contributed by atoms with Crippen molar-refractivity contribution in [3.63, 3.8) is 0 Å². The molecule has 4 rings (SSSR count). The first-order valence-corrected chi connectivity index (χ1v) is 10.7. The summed E-state index contributed by atoms with van der Waals surface area (Å²) in [7, 11) is 0. The van der Waals surface area contributed by atoms with Crippen molar-refractivity contribution in [2.45, 2.75) is 39.5 Å². The number of amides is 2. The van der Waals surface area contributed by atoms with Crippen molar-refractivity contribution in [3.05, 3.63) is 35.1 Å². The predicted octanol–water partition coefficient (Wildman–Crippen LogP) is 3.54. The van der Waals surface area contributed by atoms with Crippen LogP contribution in [0.4, 0.5) is 0 Å². The zero-order chi connectivity index (χ0) is 20.4. The Balaban J connectivity index is 1.31. The average molecular weight is 399 g/mol. The highest BCUT2D eigenvalue weighted by Gasteiger charge is 2.28. The minimum atomic E-state index is -0.0146. The van der Waals surface area contributed by atoms with Gasteiger partial charge in [0, 0.05) is 43.5 Å². The van der Waals surface area contributed by atoms with E-state index in [0.29, 0.717) is 44.4 Å². The summed E-state index contributed by atoms with van der Waals surface area (Å²) in [5, 5.41) is 1.01. The highest BCUT2D eigenvalue weighted by atomic mass is 16.5. The van der Waals surface area contributed by atoms with Gasteiger partial charge in [0.25, 0.3) is 5.91 Å². The standard InChI is InChI=1S/C23H30N2O4/c1-16-3-5-19-17(2)22(29-20(19)15-16)23(27)25-9-7-18(8-10-25)4-6-21(26)24-11-13-28-14-12-24/h3,5,15,18H,4,6-14H2,1-2H3. The fourth-order valence-corrected chi connectivity index (χ4v) is 4.40. The maximum absolute atomic E-state index is 13.0. The Kier molecular flexibility index (Phi) is 5.90. The van der Waals surface area contributed by atoms with Gasteiger partial charge in [-0.3, -0.25) is 9.59 Å². The first-order chi connectivity index (χ1) is 14.0. The third-order valence-corrected chi connectivity index (χ3v) is 6.32. The molecule has 156 valence electrons. The number of furan rings is 1. The van der Waals surface area contributed by atoms with E-state index >= 15 is 0 Å². The molecule has 2 aliphatic heterocycles. The van der Waals surface area contributed by atoms with Crippen molar-refractivity contribution < 1.29 is 18.7 Å². The lowest BCUT2D eigenvalue weighted by Gasteiger charge is -2.32. The van der Waals surface area contributed by atoms with Crippen LogP contribution in [0.5, 0.6) is 0 Å². The molecule has 1 aromatic heterocycles. The monoisotopic (exact) mass is 398 g/mol. The van der Waals surface area contributed by atoms with E-state index in [-0.39, 0.29) is 11.8 Å². The average Bonchev–Trinajstić information content (AvgIpc) is 3.08. The third kappa shape index (κ3) is 4.32. The number of carbonyl (C=O) groups is 2. The van der Waals surface area contributed by atoms with Crippen molar-refractivity contribution in [1.29, 1.82) is 0 Å². The highest BCUT2D eigenvalue weighted by Crippen LogP contribution is 2.29. The van der Waals surface area contributed by atoms with E-state index in [1.54, 1.807) is 0 Å². The molecule has 6 heteroatoms. The molecule has 2 aromatic rings. The van der Waals surface area contributed by atoms with Gasteiger partial charge in [0.15, 0.2) is 5.76 Å². The molecule has 0 saturated carbocycles. The molecular weight excluding hydrogens is 368 g/mol. The van der Waals surface area contributed by atoms with Gasteiger partial charge in [0.05, 0.1) is 13.2 Å². The van der Waals surface area contributed by atoms with Crippen molar-refractivity contribution >= 4 is 22.8 Å². The SMILES string of the molecule is Cc1ccc2c(C)c(C(=O)N3CCC(CCC(=O)N4CCOCC4)CC3)oc2c1. The molecule has 1 aromatic carbocycles. The molecule has 0 unspecified atom stereocenters. The number of ether oxygens (including phenoxy) is 1. The van der Waals surface area contributed by atoms with Crippen LogP contribution in [0.2, 0.25) is 0 Å². The van der Waals surface area contributed by atoms with Crippen LogP contribution in [0.15, 0.2) is 22.6 Å². The number of fused-ring (bicyclic) bond motifs is 1. The highest BCUT2D eigenvalue weighted by molar-refractivity contribution is 5.99. The van der Waals surface area contributed by atoms with Crippen LogP contribution < -0.4 is 0 Å². The van der Waals surface area contributed by atoms with E-state index in [9.17, 15) is 9.59 Å². The Morgan fingerprint density at radius 3 is 2.48 bits per heavy atom. The van der Waals surface area contributed by atoms with Gasteiger partial charge in [-0.2, -0.15) is 0 Å². The van der Waals surface area contributed by atoms with Gasteiger partial charge in [-0.15, -0.1) is 0 Å². The Morgan fingerprint density at radius 2 is 1.76 bits per heavy atom. The lowest BCUT2D eigenvalue weighted by Crippen LogP contribution is -2.41. The summed E-state index contributed by atoms with van der Waals surface area (Å²) >= 11 is 0.